The summed E-state index contributed by atoms with van der Waals surface area (Å²) in [6.45, 7) is 5.19. The Morgan fingerprint density at radius 2 is 1.71 bits per heavy atom. The molecule has 5 nitrogen and oxygen atoms in total. The maximum atomic E-state index is 11.9. The number of carboxylic acids is 1. The largest absolute Gasteiger partial charge is 0.481 e. The fourth-order valence-corrected chi connectivity index (χ4v) is 2.67. The minimum Gasteiger partial charge on any atom is -0.481 e. The zero-order valence-corrected chi connectivity index (χ0v) is 12.4. The van der Waals surface area contributed by atoms with Gasteiger partial charge in [0.1, 0.15) is 0 Å². The lowest BCUT2D eigenvalue weighted by atomic mass is 10.1. The number of nitrogens with zero attached hydrogens (tertiary/aromatic N) is 2. The monoisotopic (exact) mass is 290 g/mol. The van der Waals surface area contributed by atoms with Gasteiger partial charge in [-0.25, -0.2) is 0 Å². The second kappa shape index (κ2) is 7.22. The molecule has 21 heavy (non-hydrogen) atoms. The van der Waals surface area contributed by atoms with E-state index in [2.05, 4.69) is 24.0 Å². The summed E-state index contributed by atoms with van der Waals surface area (Å²) in [5.74, 6) is -0.968. The summed E-state index contributed by atoms with van der Waals surface area (Å²) in [5.41, 5.74) is 1.28. The van der Waals surface area contributed by atoms with Crippen LogP contribution in [-0.2, 0) is 9.59 Å². The molecule has 1 atom stereocenters. The predicted molar refractivity (Wildman–Crippen MR) is 79.9 cm³/mol. The highest BCUT2D eigenvalue weighted by Crippen LogP contribution is 2.21. The Balaban J connectivity index is 1.83. The van der Waals surface area contributed by atoms with Crippen LogP contribution in [0.1, 0.15) is 31.4 Å². The standard InChI is InChI=1S/C16H22N2O3/c1-13(14-5-3-2-4-6-14)17-9-11-18(12-10-17)15(19)7-8-16(20)21/h2-6,13H,7-12H2,1H3,(H,20,21). The van der Waals surface area contributed by atoms with Crippen LogP contribution >= 0.6 is 0 Å². The third-order valence-corrected chi connectivity index (χ3v) is 4.05. The van der Waals surface area contributed by atoms with E-state index in [0.717, 1.165) is 13.1 Å². The third kappa shape index (κ3) is 4.29. The number of amides is 1. The van der Waals surface area contributed by atoms with Gasteiger partial charge in [-0.1, -0.05) is 30.3 Å². The molecule has 1 aliphatic heterocycles. The van der Waals surface area contributed by atoms with Crippen LogP contribution < -0.4 is 0 Å². The first-order chi connectivity index (χ1) is 10.1. The van der Waals surface area contributed by atoms with E-state index in [1.165, 1.54) is 5.56 Å². The van der Waals surface area contributed by atoms with Gasteiger partial charge in [0.2, 0.25) is 5.91 Å². The van der Waals surface area contributed by atoms with Crippen molar-refractivity contribution in [3.63, 3.8) is 0 Å². The Morgan fingerprint density at radius 3 is 2.29 bits per heavy atom. The second-order valence-corrected chi connectivity index (χ2v) is 5.40. The lowest BCUT2D eigenvalue weighted by molar-refractivity contribution is -0.141. The molecule has 0 spiro atoms. The van der Waals surface area contributed by atoms with Crippen molar-refractivity contribution in [3.05, 3.63) is 35.9 Å². The normalized spacial score (nSPS) is 17.5. The summed E-state index contributed by atoms with van der Waals surface area (Å²) in [7, 11) is 0. The Hall–Kier alpha value is -1.88. The molecule has 1 fully saturated rings. The molecule has 1 N–H and O–H groups in total. The number of hydrogen-bond acceptors (Lipinski definition) is 3. The Morgan fingerprint density at radius 1 is 1.10 bits per heavy atom. The second-order valence-electron chi connectivity index (χ2n) is 5.40. The Kier molecular flexibility index (Phi) is 5.33. The van der Waals surface area contributed by atoms with E-state index >= 15 is 0 Å². The number of piperazine rings is 1. The van der Waals surface area contributed by atoms with Crippen molar-refractivity contribution in [1.82, 2.24) is 9.80 Å². The van der Waals surface area contributed by atoms with Crippen LogP contribution in [0.5, 0.6) is 0 Å². The molecule has 114 valence electrons. The van der Waals surface area contributed by atoms with E-state index in [1.54, 1.807) is 4.90 Å². The SMILES string of the molecule is CC(c1ccccc1)N1CCN(C(=O)CCC(=O)O)CC1. The average Bonchev–Trinajstić information content (AvgIpc) is 2.53. The lowest BCUT2D eigenvalue weighted by Crippen LogP contribution is -2.49. The van der Waals surface area contributed by atoms with Crippen molar-refractivity contribution in [2.24, 2.45) is 0 Å². The highest BCUT2D eigenvalue weighted by molar-refractivity contribution is 5.80. The van der Waals surface area contributed by atoms with Gasteiger partial charge in [-0.3, -0.25) is 14.5 Å². The van der Waals surface area contributed by atoms with E-state index in [9.17, 15) is 9.59 Å². The smallest absolute Gasteiger partial charge is 0.303 e. The molecule has 0 bridgehead atoms. The number of carbonyl (C=O) groups is 2. The molecule has 1 saturated heterocycles. The number of benzene rings is 1. The molecule has 1 aliphatic rings. The van der Waals surface area contributed by atoms with Gasteiger partial charge in [-0.2, -0.15) is 0 Å². The van der Waals surface area contributed by atoms with E-state index in [-0.39, 0.29) is 18.7 Å². The molecule has 2 rings (SSSR count). The molecule has 0 aromatic heterocycles. The van der Waals surface area contributed by atoms with Gasteiger partial charge >= 0.3 is 5.97 Å². The summed E-state index contributed by atoms with van der Waals surface area (Å²) in [4.78, 5) is 26.5. The minimum atomic E-state index is -0.917. The number of carbonyl (C=O) groups excluding carboxylic acids is 1. The first-order valence-corrected chi connectivity index (χ1v) is 7.36. The zero-order chi connectivity index (χ0) is 15.2. The van der Waals surface area contributed by atoms with Gasteiger partial charge in [0, 0.05) is 38.6 Å². The molecule has 1 aromatic carbocycles. The summed E-state index contributed by atoms with van der Waals surface area (Å²) < 4.78 is 0. The van der Waals surface area contributed by atoms with E-state index in [1.807, 2.05) is 18.2 Å². The van der Waals surface area contributed by atoms with Gasteiger partial charge < -0.3 is 10.0 Å². The van der Waals surface area contributed by atoms with E-state index in [0.29, 0.717) is 19.1 Å². The van der Waals surface area contributed by atoms with Crippen molar-refractivity contribution >= 4 is 11.9 Å². The number of hydrogen-bond donors (Lipinski definition) is 1. The van der Waals surface area contributed by atoms with E-state index < -0.39 is 5.97 Å². The molecular weight excluding hydrogens is 268 g/mol. The first kappa shape index (κ1) is 15.5. The maximum absolute atomic E-state index is 11.9. The highest BCUT2D eigenvalue weighted by Gasteiger charge is 2.24. The quantitative estimate of drug-likeness (QED) is 0.897. The summed E-state index contributed by atoms with van der Waals surface area (Å²) in [5, 5.41) is 8.62. The number of rotatable bonds is 5. The van der Waals surface area contributed by atoms with Crippen molar-refractivity contribution in [3.8, 4) is 0 Å². The van der Waals surface area contributed by atoms with Crippen LogP contribution in [0.3, 0.4) is 0 Å². The number of aliphatic carboxylic acids is 1. The Bertz CT molecular complexity index is 482. The number of carboxylic acid groups (broad SMARTS) is 1. The van der Waals surface area contributed by atoms with Gasteiger partial charge in [0.25, 0.3) is 0 Å². The van der Waals surface area contributed by atoms with Gasteiger partial charge in [-0.05, 0) is 12.5 Å². The maximum Gasteiger partial charge on any atom is 0.303 e. The van der Waals surface area contributed by atoms with Crippen LogP contribution in [0, 0.1) is 0 Å². The van der Waals surface area contributed by atoms with E-state index in [4.69, 9.17) is 5.11 Å². The van der Waals surface area contributed by atoms with Crippen molar-refractivity contribution in [1.29, 1.82) is 0 Å². The van der Waals surface area contributed by atoms with Gasteiger partial charge in [-0.15, -0.1) is 0 Å². The molecular formula is C16H22N2O3. The highest BCUT2D eigenvalue weighted by atomic mass is 16.4. The molecule has 0 saturated carbocycles. The molecule has 1 unspecified atom stereocenters. The van der Waals surface area contributed by atoms with Crippen LogP contribution in [0.2, 0.25) is 0 Å². The minimum absolute atomic E-state index is 0.0515. The molecule has 1 aromatic rings. The van der Waals surface area contributed by atoms with Crippen LogP contribution in [0.4, 0.5) is 0 Å². The van der Waals surface area contributed by atoms with Gasteiger partial charge in [0.05, 0.1) is 6.42 Å². The topological polar surface area (TPSA) is 60.9 Å². The lowest BCUT2D eigenvalue weighted by Gasteiger charge is -2.38. The fraction of sp³-hybridized carbons (Fsp3) is 0.500. The zero-order valence-electron chi connectivity index (χ0n) is 12.4. The summed E-state index contributed by atoms with van der Waals surface area (Å²) in [6, 6.07) is 10.7. The predicted octanol–water partition coefficient (Wildman–Crippen LogP) is 1.76. The van der Waals surface area contributed by atoms with Crippen molar-refractivity contribution in [2.45, 2.75) is 25.8 Å². The average molecular weight is 290 g/mol. The molecule has 1 heterocycles. The van der Waals surface area contributed by atoms with Crippen LogP contribution in [0.15, 0.2) is 30.3 Å². The molecule has 1 amide bonds. The molecule has 0 aliphatic carbocycles. The summed E-state index contributed by atoms with van der Waals surface area (Å²) in [6.07, 6.45) is 0.0169. The van der Waals surface area contributed by atoms with Crippen molar-refractivity contribution < 1.29 is 14.7 Å². The third-order valence-electron chi connectivity index (χ3n) is 4.05. The Labute approximate surface area is 125 Å². The van der Waals surface area contributed by atoms with Crippen LogP contribution in [-0.4, -0.2) is 53.0 Å². The van der Waals surface area contributed by atoms with Crippen LogP contribution in [0.25, 0.3) is 0 Å². The molecule has 5 heteroatoms. The van der Waals surface area contributed by atoms with Crippen molar-refractivity contribution in [2.75, 3.05) is 26.2 Å². The fourth-order valence-electron chi connectivity index (χ4n) is 2.67. The van der Waals surface area contributed by atoms with Gasteiger partial charge in [0.15, 0.2) is 0 Å². The molecule has 0 radical (unpaired) electrons. The first-order valence-electron chi connectivity index (χ1n) is 7.36. The summed E-state index contributed by atoms with van der Waals surface area (Å²) >= 11 is 0.